The van der Waals surface area contributed by atoms with Gasteiger partial charge in [-0.05, 0) is 84.3 Å². The summed E-state index contributed by atoms with van der Waals surface area (Å²) in [7, 11) is 4.28. The SMILES string of the molecule is CCCC[C@](C)(O)CC=C[C@H]1[C@H](O)CC2C=C(CCCCCN(C)C)C[C@@H]21. The maximum atomic E-state index is 10.5. The van der Waals surface area contributed by atoms with E-state index in [1.807, 2.05) is 6.92 Å². The molecule has 0 heterocycles. The summed E-state index contributed by atoms with van der Waals surface area (Å²) in [5, 5.41) is 21.0. The Kier molecular flexibility index (Phi) is 9.04. The molecule has 0 saturated heterocycles. The van der Waals surface area contributed by atoms with Gasteiger partial charge in [0.15, 0.2) is 0 Å². The van der Waals surface area contributed by atoms with E-state index < -0.39 is 5.60 Å². The molecule has 0 spiro atoms. The van der Waals surface area contributed by atoms with Crippen LogP contribution in [0.5, 0.6) is 0 Å². The van der Waals surface area contributed by atoms with E-state index in [2.05, 4.69) is 44.1 Å². The lowest BCUT2D eigenvalue weighted by Gasteiger charge is -2.22. The molecule has 1 fully saturated rings. The molecule has 3 heteroatoms. The normalized spacial score (nSPS) is 30.1. The van der Waals surface area contributed by atoms with Gasteiger partial charge >= 0.3 is 0 Å². The van der Waals surface area contributed by atoms with E-state index in [4.69, 9.17) is 0 Å². The molecule has 0 aromatic carbocycles. The first-order chi connectivity index (χ1) is 12.8. The lowest BCUT2D eigenvalue weighted by Crippen LogP contribution is -2.23. The maximum absolute atomic E-state index is 10.5. The van der Waals surface area contributed by atoms with E-state index >= 15 is 0 Å². The molecule has 2 aliphatic rings. The Morgan fingerprint density at radius 1 is 1.22 bits per heavy atom. The average Bonchev–Trinajstić information content (AvgIpc) is 3.10. The van der Waals surface area contributed by atoms with Crippen molar-refractivity contribution >= 4 is 0 Å². The molecule has 3 nitrogen and oxygen atoms in total. The molecule has 2 N–H and O–H groups in total. The van der Waals surface area contributed by atoms with Gasteiger partial charge in [-0.2, -0.15) is 0 Å². The van der Waals surface area contributed by atoms with Crippen molar-refractivity contribution in [3.05, 3.63) is 23.8 Å². The predicted octanol–water partition coefficient (Wildman–Crippen LogP) is 4.94. The van der Waals surface area contributed by atoms with Gasteiger partial charge in [0, 0.05) is 5.92 Å². The molecule has 0 aliphatic heterocycles. The van der Waals surface area contributed by atoms with E-state index in [1.165, 1.54) is 32.2 Å². The Balaban J connectivity index is 1.77. The Bertz CT molecular complexity index is 495. The van der Waals surface area contributed by atoms with E-state index in [-0.39, 0.29) is 12.0 Å². The highest BCUT2D eigenvalue weighted by Gasteiger charge is 2.43. The van der Waals surface area contributed by atoms with Crippen LogP contribution in [0.1, 0.15) is 78.1 Å². The molecule has 0 bridgehead atoms. The fourth-order valence-electron chi connectivity index (χ4n) is 4.89. The smallest absolute Gasteiger partial charge is 0.0654 e. The zero-order valence-corrected chi connectivity index (χ0v) is 18.2. The summed E-state index contributed by atoms with van der Waals surface area (Å²) < 4.78 is 0. The third-order valence-corrected chi connectivity index (χ3v) is 6.54. The topological polar surface area (TPSA) is 43.7 Å². The molecular formula is C24H43NO2. The van der Waals surface area contributed by atoms with Crippen molar-refractivity contribution < 1.29 is 10.2 Å². The van der Waals surface area contributed by atoms with Crippen LogP contribution < -0.4 is 0 Å². The van der Waals surface area contributed by atoms with E-state index in [0.29, 0.717) is 18.3 Å². The van der Waals surface area contributed by atoms with Crippen molar-refractivity contribution in [2.24, 2.45) is 17.8 Å². The Hall–Kier alpha value is -0.640. The summed E-state index contributed by atoms with van der Waals surface area (Å²) >= 11 is 0. The molecule has 156 valence electrons. The number of nitrogens with zero attached hydrogens (tertiary/aromatic N) is 1. The van der Waals surface area contributed by atoms with Crippen LogP contribution in [0.15, 0.2) is 23.8 Å². The number of allylic oxidation sites excluding steroid dienone is 2. The van der Waals surface area contributed by atoms with Crippen molar-refractivity contribution in [1.29, 1.82) is 0 Å². The number of hydrogen-bond acceptors (Lipinski definition) is 3. The third-order valence-electron chi connectivity index (χ3n) is 6.54. The minimum absolute atomic E-state index is 0.213. The van der Waals surface area contributed by atoms with Crippen molar-refractivity contribution in [3.63, 3.8) is 0 Å². The molecule has 0 aromatic rings. The van der Waals surface area contributed by atoms with Crippen LogP contribution in [0.25, 0.3) is 0 Å². The number of aliphatic hydroxyl groups is 2. The zero-order valence-electron chi connectivity index (χ0n) is 18.2. The Labute approximate surface area is 167 Å². The monoisotopic (exact) mass is 377 g/mol. The Morgan fingerprint density at radius 2 is 2.00 bits per heavy atom. The van der Waals surface area contributed by atoms with Gasteiger partial charge in [0.05, 0.1) is 11.7 Å². The second-order valence-electron chi connectivity index (χ2n) is 9.58. The number of fused-ring (bicyclic) bond motifs is 1. The number of rotatable bonds is 12. The highest BCUT2D eigenvalue weighted by atomic mass is 16.3. The predicted molar refractivity (Wildman–Crippen MR) is 115 cm³/mol. The van der Waals surface area contributed by atoms with E-state index in [9.17, 15) is 10.2 Å². The first-order valence-electron chi connectivity index (χ1n) is 11.2. The van der Waals surface area contributed by atoms with Gasteiger partial charge in [-0.1, -0.05) is 50.0 Å². The highest BCUT2D eigenvalue weighted by molar-refractivity contribution is 5.20. The maximum Gasteiger partial charge on any atom is 0.0654 e. The van der Waals surface area contributed by atoms with Crippen LogP contribution in [0.4, 0.5) is 0 Å². The quantitative estimate of drug-likeness (QED) is 0.374. The summed E-state index contributed by atoms with van der Waals surface area (Å²) in [6.45, 7) is 5.28. The summed E-state index contributed by atoms with van der Waals surface area (Å²) in [6.07, 6.45) is 17.5. The molecule has 2 rings (SSSR count). The van der Waals surface area contributed by atoms with Gasteiger partial charge < -0.3 is 15.1 Å². The lowest BCUT2D eigenvalue weighted by molar-refractivity contribution is 0.0513. The molecule has 2 aliphatic carbocycles. The third kappa shape index (κ3) is 7.36. The fourth-order valence-corrected chi connectivity index (χ4v) is 4.89. The molecule has 1 unspecified atom stereocenters. The van der Waals surface area contributed by atoms with Crippen LogP contribution in [0.2, 0.25) is 0 Å². The van der Waals surface area contributed by atoms with Crippen molar-refractivity contribution in [1.82, 2.24) is 4.90 Å². The molecule has 0 aromatic heterocycles. The summed E-state index contributed by atoms with van der Waals surface area (Å²) in [5.41, 5.74) is 1.01. The summed E-state index contributed by atoms with van der Waals surface area (Å²) in [4.78, 5) is 2.26. The summed E-state index contributed by atoms with van der Waals surface area (Å²) in [6, 6.07) is 0. The van der Waals surface area contributed by atoms with Crippen LogP contribution in [0, 0.1) is 17.8 Å². The van der Waals surface area contributed by atoms with Gasteiger partial charge in [0.2, 0.25) is 0 Å². The van der Waals surface area contributed by atoms with Gasteiger partial charge in [0.1, 0.15) is 0 Å². The Morgan fingerprint density at radius 3 is 2.70 bits per heavy atom. The van der Waals surface area contributed by atoms with Gasteiger partial charge in [-0.25, -0.2) is 0 Å². The van der Waals surface area contributed by atoms with Crippen LogP contribution >= 0.6 is 0 Å². The molecule has 5 atom stereocenters. The molecular weight excluding hydrogens is 334 g/mol. The second-order valence-corrected chi connectivity index (χ2v) is 9.58. The minimum atomic E-state index is -0.610. The van der Waals surface area contributed by atoms with Crippen LogP contribution in [0.3, 0.4) is 0 Å². The van der Waals surface area contributed by atoms with Crippen LogP contribution in [-0.4, -0.2) is 47.5 Å². The van der Waals surface area contributed by atoms with Crippen molar-refractivity contribution in [2.75, 3.05) is 20.6 Å². The standard InChI is InChI=1S/C24H43NO2/c1-5-6-13-24(2,27)14-10-12-21-22-17-19(16-20(22)18-23(21)26)11-8-7-9-15-25(3)4/h10,12,16,20-23,26-27H,5-9,11,13-15,17-18H2,1-4H3/t20?,21-,22+,23-,24+/m1/s1. The minimum Gasteiger partial charge on any atom is -0.392 e. The van der Waals surface area contributed by atoms with Crippen molar-refractivity contribution in [2.45, 2.75) is 89.8 Å². The van der Waals surface area contributed by atoms with Gasteiger partial charge in [-0.15, -0.1) is 0 Å². The van der Waals surface area contributed by atoms with E-state index in [0.717, 1.165) is 32.1 Å². The number of aliphatic hydroxyl groups excluding tert-OH is 1. The van der Waals surface area contributed by atoms with E-state index in [1.54, 1.807) is 5.57 Å². The zero-order chi connectivity index (χ0) is 19.9. The molecule has 27 heavy (non-hydrogen) atoms. The average molecular weight is 378 g/mol. The number of unbranched alkanes of at least 4 members (excludes halogenated alkanes) is 3. The molecule has 0 radical (unpaired) electrons. The second kappa shape index (κ2) is 10.8. The van der Waals surface area contributed by atoms with Gasteiger partial charge in [0.25, 0.3) is 0 Å². The van der Waals surface area contributed by atoms with Crippen LogP contribution in [-0.2, 0) is 0 Å². The lowest BCUT2D eigenvalue weighted by atomic mass is 9.87. The largest absolute Gasteiger partial charge is 0.392 e. The van der Waals surface area contributed by atoms with Gasteiger partial charge in [-0.3, -0.25) is 0 Å². The highest BCUT2D eigenvalue weighted by Crippen LogP contribution is 2.48. The van der Waals surface area contributed by atoms with Crippen molar-refractivity contribution in [3.8, 4) is 0 Å². The summed E-state index contributed by atoms with van der Waals surface area (Å²) in [5.74, 6) is 1.40. The fraction of sp³-hybridized carbons (Fsp3) is 0.833. The first-order valence-corrected chi connectivity index (χ1v) is 11.2. The molecule has 1 saturated carbocycles. The molecule has 0 amide bonds. The first kappa shape index (κ1) is 22.6. The number of hydrogen-bond donors (Lipinski definition) is 2.